The standard InChI is InChI=1S/C14H28N4/c1-2-5-16(4-1)6-3-7-17-8-10-18(11-9-17)14-12-15-13-14/h14-15H,1-13H2. The Kier molecular flexibility index (Phi) is 4.52. The Morgan fingerprint density at radius 2 is 1.39 bits per heavy atom. The molecule has 0 unspecified atom stereocenters. The summed E-state index contributed by atoms with van der Waals surface area (Å²) in [7, 11) is 0. The SMILES string of the molecule is C1CCN(CCCN2CCN(C3CNC3)CC2)C1. The molecule has 3 saturated heterocycles. The van der Waals surface area contributed by atoms with Gasteiger partial charge in [-0.05, 0) is 45.4 Å². The highest BCUT2D eigenvalue weighted by Gasteiger charge is 2.27. The zero-order valence-corrected chi connectivity index (χ0v) is 11.6. The van der Waals surface area contributed by atoms with Gasteiger partial charge in [-0.3, -0.25) is 4.90 Å². The molecule has 0 atom stereocenters. The summed E-state index contributed by atoms with van der Waals surface area (Å²) in [5.41, 5.74) is 0. The minimum absolute atomic E-state index is 0.844. The molecule has 3 aliphatic rings. The molecular formula is C14H28N4. The molecule has 0 bridgehead atoms. The van der Waals surface area contributed by atoms with Gasteiger partial charge in [0.2, 0.25) is 0 Å². The summed E-state index contributed by atoms with van der Waals surface area (Å²) in [6, 6.07) is 0.844. The number of rotatable bonds is 5. The molecule has 0 spiro atoms. The van der Waals surface area contributed by atoms with Gasteiger partial charge in [0.1, 0.15) is 0 Å². The fraction of sp³-hybridized carbons (Fsp3) is 1.00. The molecule has 104 valence electrons. The smallest absolute Gasteiger partial charge is 0.0346 e. The summed E-state index contributed by atoms with van der Waals surface area (Å²) in [4.78, 5) is 7.97. The maximum Gasteiger partial charge on any atom is 0.0346 e. The zero-order chi connectivity index (χ0) is 12.2. The Morgan fingerprint density at radius 3 is 1.94 bits per heavy atom. The number of piperazine rings is 1. The van der Waals surface area contributed by atoms with Gasteiger partial charge in [-0.25, -0.2) is 0 Å². The molecule has 0 aromatic heterocycles. The van der Waals surface area contributed by atoms with Crippen molar-refractivity contribution in [1.82, 2.24) is 20.0 Å². The highest BCUT2D eigenvalue weighted by molar-refractivity contribution is 4.87. The van der Waals surface area contributed by atoms with Crippen molar-refractivity contribution in [1.29, 1.82) is 0 Å². The topological polar surface area (TPSA) is 21.8 Å². The van der Waals surface area contributed by atoms with E-state index in [1.54, 1.807) is 0 Å². The summed E-state index contributed by atoms with van der Waals surface area (Å²) < 4.78 is 0. The van der Waals surface area contributed by atoms with Crippen LogP contribution in [-0.2, 0) is 0 Å². The lowest BCUT2D eigenvalue weighted by Crippen LogP contribution is -2.61. The van der Waals surface area contributed by atoms with E-state index in [0.29, 0.717) is 0 Å². The third-order valence-electron chi connectivity index (χ3n) is 4.83. The van der Waals surface area contributed by atoms with Crippen molar-refractivity contribution < 1.29 is 0 Å². The lowest BCUT2D eigenvalue weighted by Gasteiger charge is -2.43. The van der Waals surface area contributed by atoms with Gasteiger partial charge < -0.3 is 15.1 Å². The molecule has 1 N–H and O–H groups in total. The molecule has 3 heterocycles. The first-order valence-electron chi connectivity index (χ1n) is 7.81. The van der Waals surface area contributed by atoms with E-state index in [-0.39, 0.29) is 0 Å². The predicted octanol–water partition coefficient (Wildman–Crippen LogP) is 0.0617. The number of hydrogen-bond donors (Lipinski definition) is 1. The fourth-order valence-electron chi connectivity index (χ4n) is 3.41. The molecule has 3 aliphatic heterocycles. The molecule has 3 rings (SSSR count). The van der Waals surface area contributed by atoms with E-state index < -0.39 is 0 Å². The van der Waals surface area contributed by atoms with Crippen LogP contribution in [0.1, 0.15) is 19.3 Å². The van der Waals surface area contributed by atoms with Crippen LogP contribution in [0, 0.1) is 0 Å². The van der Waals surface area contributed by atoms with Gasteiger partial charge in [-0.2, -0.15) is 0 Å². The van der Waals surface area contributed by atoms with Crippen LogP contribution in [0.4, 0.5) is 0 Å². The van der Waals surface area contributed by atoms with E-state index in [2.05, 4.69) is 20.0 Å². The second-order valence-electron chi connectivity index (χ2n) is 6.09. The molecule has 0 aromatic carbocycles. The van der Waals surface area contributed by atoms with Gasteiger partial charge >= 0.3 is 0 Å². The van der Waals surface area contributed by atoms with Gasteiger partial charge in [-0.1, -0.05) is 0 Å². The van der Waals surface area contributed by atoms with Crippen molar-refractivity contribution >= 4 is 0 Å². The molecule has 4 nitrogen and oxygen atoms in total. The van der Waals surface area contributed by atoms with Gasteiger partial charge in [0.05, 0.1) is 0 Å². The highest BCUT2D eigenvalue weighted by Crippen LogP contribution is 2.11. The third kappa shape index (κ3) is 3.23. The van der Waals surface area contributed by atoms with Gasteiger partial charge in [0, 0.05) is 45.3 Å². The van der Waals surface area contributed by atoms with Crippen LogP contribution in [0.5, 0.6) is 0 Å². The van der Waals surface area contributed by atoms with Crippen molar-refractivity contribution in [3.05, 3.63) is 0 Å². The molecular weight excluding hydrogens is 224 g/mol. The zero-order valence-electron chi connectivity index (χ0n) is 11.6. The van der Waals surface area contributed by atoms with Crippen molar-refractivity contribution in [3.63, 3.8) is 0 Å². The number of hydrogen-bond acceptors (Lipinski definition) is 4. The predicted molar refractivity (Wildman–Crippen MR) is 75.0 cm³/mol. The molecule has 0 saturated carbocycles. The Labute approximate surface area is 111 Å². The average Bonchev–Trinajstić information content (AvgIpc) is 2.82. The largest absolute Gasteiger partial charge is 0.314 e. The maximum absolute atomic E-state index is 3.37. The monoisotopic (exact) mass is 252 g/mol. The molecule has 0 aliphatic carbocycles. The first kappa shape index (κ1) is 12.9. The van der Waals surface area contributed by atoms with Crippen molar-refractivity contribution in [2.45, 2.75) is 25.3 Å². The number of nitrogens with one attached hydrogen (secondary N) is 1. The average molecular weight is 252 g/mol. The van der Waals surface area contributed by atoms with Gasteiger partial charge in [0.25, 0.3) is 0 Å². The van der Waals surface area contributed by atoms with E-state index in [1.165, 1.54) is 84.7 Å². The highest BCUT2D eigenvalue weighted by atomic mass is 15.3. The van der Waals surface area contributed by atoms with E-state index >= 15 is 0 Å². The van der Waals surface area contributed by atoms with Crippen LogP contribution >= 0.6 is 0 Å². The Bertz CT molecular complexity index is 240. The van der Waals surface area contributed by atoms with E-state index in [9.17, 15) is 0 Å². The molecule has 4 heteroatoms. The summed E-state index contributed by atoms with van der Waals surface area (Å²) in [5, 5.41) is 3.37. The van der Waals surface area contributed by atoms with Crippen LogP contribution in [-0.4, -0.2) is 86.2 Å². The summed E-state index contributed by atoms with van der Waals surface area (Å²) in [6.45, 7) is 12.9. The first-order valence-corrected chi connectivity index (χ1v) is 7.81. The summed E-state index contributed by atoms with van der Waals surface area (Å²) in [5.74, 6) is 0. The molecule has 0 radical (unpaired) electrons. The fourth-order valence-corrected chi connectivity index (χ4v) is 3.41. The van der Waals surface area contributed by atoms with Crippen LogP contribution in [0.15, 0.2) is 0 Å². The van der Waals surface area contributed by atoms with E-state index in [4.69, 9.17) is 0 Å². The first-order chi connectivity index (χ1) is 8.92. The molecule has 0 amide bonds. The third-order valence-corrected chi connectivity index (χ3v) is 4.83. The number of likely N-dealkylation sites (tertiary alicyclic amines) is 1. The maximum atomic E-state index is 3.37. The minimum Gasteiger partial charge on any atom is -0.314 e. The van der Waals surface area contributed by atoms with Crippen LogP contribution < -0.4 is 5.32 Å². The second kappa shape index (κ2) is 6.33. The Balaban J connectivity index is 1.28. The summed E-state index contributed by atoms with van der Waals surface area (Å²) >= 11 is 0. The normalized spacial score (nSPS) is 28.7. The Hall–Kier alpha value is -0.160. The van der Waals surface area contributed by atoms with E-state index in [0.717, 1.165) is 6.04 Å². The lowest BCUT2D eigenvalue weighted by atomic mass is 10.1. The van der Waals surface area contributed by atoms with Crippen molar-refractivity contribution in [2.75, 3.05) is 65.4 Å². The molecule has 18 heavy (non-hydrogen) atoms. The molecule has 0 aromatic rings. The number of nitrogens with zero attached hydrogens (tertiary/aromatic N) is 3. The lowest BCUT2D eigenvalue weighted by molar-refractivity contribution is 0.0712. The molecule has 3 fully saturated rings. The van der Waals surface area contributed by atoms with Crippen molar-refractivity contribution in [3.8, 4) is 0 Å². The second-order valence-corrected chi connectivity index (χ2v) is 6.09. The van der Waals surface area contributed by atoms with Crippen LogP contribution in [0.25, 0.3) is 0 Å². The van der Waals surface area contributed by atoms with Crippen LogP contribution in [0.3, 0.4) is 0 Å². The Morgan fingerprint density at radius 1 is 0.778 bits per heavy atom. The quantitative estimate of drug-likeness (QED) is 0.747. The van der Waals surface area contributed by atoms with E-state index in [1.807, 2.05) is 0 Å². The van der Waals surface area contributed by atoms with Gasteiger partial charge in [0.15, 0.2) is 0 Å². The van der Waals surface area contributed by atoms with Crippen molar-refractivity contribution in [2.24, 2.45) is 0 Å². The van der Waals surface area contributed by atoms with Crippen LogP contribution in [0.2, 0.25) is 0 Å². The van der Waals surface area contributed by atoms with Gasteiger partial charge in [-0.15, -0.1) is 0 Å². The minimum atomic E-state index is 0.844. The summed E-state index contributed by atoms with van der Waals surface area (Å²) in [6.07, 6.45) is 4.22.